The van der Waals surface area contributed by atoms with Crippen molar-refractivity contribution < 1.29 is 8.42 Å². The van der Waals surface area contributed by atoms with Crippen LogP contribution in [0.3, 0.4) is 0 Å². The van der Waals surface area contributed by atoms with Crippen LogP contribution in [0.2, 0.25) is 0 Å². The van der Waals surface area contributed by atoms with E-state index in [1.807, 2.05) is 0 Å². The number of nitrogens with two attached hydrogens (primary N) is 1. The minimum Gasteiger partial charge on any atom is -0.336 e. The fourth-order valence-electron chi connectivity index (χ4n) is 1.55. The Morgan fingerprint density at radius 1 is 1.37 bits per heavy atom. The zero-order valence-electron chi connectivity index (χ0n) is 10.3. The molecule has 0 unspecified atom stereocenters. The van der Waals surface area contributed by atoms with E-state index >= 15 is 0 Å². The Kier molecular flexibility index (Phi) is 4.30. The first-order valence-corrected chi connectivity index (χ1v) is 7.28. The van der Waals surface area contributed by atoms with Crippen molar-refractivity contribution in [2.45, 2.75) is 18.0 Å². The number of rotatable bonds is 7. The molecular weight excluding hydrogens is 268 g/mol. The van der Waals surface area contributed by atoms with Crippen LogP contribution in [0.5, 0.6) is 0 Å². The highest BCUT2D eigenvalue weighted by Gasteiger charge is 2.15. The van der Waals surface area contributed by atoms with Crippen LogP contribution in [0.1, 0.15) is 0 Å². The molecule has 2 aromatic heterocycles. The molecule has 0 aliphatic heterocycles. The minimum atomic E-state index is -3.52. The second kappa shape index (κ2) is 5.95. The van der Waals surface area contributed by atoms with Crippen LogP contribution < -0.4 is 10.5 Å². The van der Waals surface area contributed by atoms with Crippen molar-refractivity contribution in [2.75, 3.05) is 13.1 Å². The average molecular weight is 284 g/mol. The van der Waals surface area contributed by atoms with Crippen molar-refractivity contribution >= 4 is 10.0 Å². The summed E-state index contributed by atoms with van der Waals surface area (Å²) in [4.78, 5) is 4.02. The largest absolute Gasteiger partial charge is 0.336 e. The Bertz CT molecular complexity index is 604. The molecular formula is C10H16N6O2S. The Morgan fingerprint density at radius 2 is 2.21 bits per heavy atom. The topological polar surface area (TPSA) is 108 Å². The maximum absolute atomic E-state index is 12.0. The summed E-state index contributed by atoms with van der Waals surface area (Å²) in [6.07, 6.45) is 7.83. The average Bonchev–Trinajstić information content (AvgIpc) is 3.00. The fraction of sp³-hybridized carbons (Fsp3) is 0.400. The van der Waals surface area contributed by atoms with E-state index in [0.29, 0.717) is 26.2 Å². The number of hydrogen-bond acceptors (Lipinski definition) is 5. The molecule has 0 atom stereocenters. The molecule has 9 heteroatoms. The molecule has 8 nitrogen and oxygen atoms in total. The first-order valence-electron chi connectivity index (χ1n) is 5.80. The first kappa shape index (κ1) is 13.7. The third-order valence-electron chi connectivity index (χ3n) is 2.50. The van der Waals surface area contributed by atoms with E-state index in [-0.39, 0.29) is 4.90 Å². The van der Waals surface area contributed by atoms with Gasteiger partial charge in [-0.3, -0.25) is 4.68 Å². The smallest absolute Gasteiger partial charge is 0.243 e. The van der Waals surface area contributed by atoms with Gasteiger partial charge in [0.15, 0.2) is 0 Å². The van der Waals surface area contributed by atoms with Crippen LogP contribution in [0.25, 0.3) is 0 Å². The quantitative estimate of drug-likeness (QED) is 0.679. The summed E-state index contributed by atoms with van der Waals surface area (Å²) in [5.41, 5.74) is 5.38. The van der Waals surface area contributed by atoms with Gasteiger partial charge in [0.05, 0.1) is 19.1 Å². The lowest BCUT2D eigenvalue weighted by Gasteiger charge is -2.05. The predicted octanol–water partition coefficient (Wildman–Crippen LogP) is -0.983. The second-order valence-electron chi connectivity index (χ2n) is 3.93. The van der Waals surface area contributed by atoms with E-state index in [0.717, 1.165) is 0 Å². The van der Waals surface area contributed by atoms with Crippen molar-refractivity contribution in [3.63, 3.8) is 0 Å². The van der Waals surface area contributed by atoms with Gasteiger partial charge in [-0.1, -0.05) is 0 Å². The van der Waals surface area contributed by atoms with Gasteiger partial charge < -0.3 is 10.3 Å². The number of nitrogens with zero attached hydrogens (tertiary/aromatic N) is 4. The molecule has 19 heavy (non-hydrogen) atoms. The summed E-state index contributed by atoms with van der Waals surface area (Å²) < 4.78 is 29.7. The Hall–Kier alpha value is -1.71. The number of nitrogens with one attached hydrogen (secondary N) is 1. The van der Waals surface area contributed by atoms with E-state index in [4.69, 9.17) is 5.73 Å². The normalized spacial score (nSPS) is 11.8. The summed E-state index contributed by atoms with van der Waals surface area (Å²) in [7, 11) is -3.52. The molecule has 3 N–H and O–H groups in total. The van der Waals surface area contributed by atoms with Gasteiger partial charge in [-0.2, -0.15) is 5.10 Å². The van der Waals surface area contributed by atoms with Crippen LogP contribution in [0.15, 0.2) is 36.0 Å². The molecule has 2 aromatic rings. The number of imidazole rings is 1. The van der Waals surface area contributed by atoms with Crippen LogP contribution in [-0.2, 0) is 23.1 Å². The van der Waals surface area contributed by atoms with Crippen LogP contribution >= 0.6 is 0 Å². The van der Waals surface area contributed by atoms with Crippen LogP contribution in [-0.4, -0.2) is 40.8 Å². The van der Waals surface area contributed by atoms with Gasteiger partial charge >= 0.3 is 0 Å². The predicted molar refractivity (Wildman–Crippen MR) is 68.7 cm³/mol. The molecule has 0 aliphatic carbocycles. The Morgan fingerprint density at radius 3 is 2.89 bits per heavy atom. The Labute approximate surface area is 111 Å². The van der Waals surface area contributed by atoms with E-state index in [1.54, 1.807) is 23.3 Å². The van der Waals surface area contributed by atoms with Crippen molar-refractivity contribution in [2.24, 2.45) is 5.73 Å². The molecule has 0 aromatic carbocycles. The van der Waals surface area contributed by atoms with E-state index in [1.165, 1.54) is 17.1 Å². The molecule has 0 bridgehead atoms. The summed E-state index contributed by atoms with van der Waals surface area (Å²) in [6, 6.07) is 0. The van der Waals surface area contributed by atoms with Gasteiger partial charge in [0.2, 0.25) is 10.0 Å². The molecule has 0 fully saturated rings. The Balaban J connectivity index is 1.93. The maximum atomic E-state index is 12.0. The number of aromatic nitrogens is 4. The molecule has 0 saturated heterocycles. The summed E-state index contributed by atoms with van der Waals surface area (Å²) >= 11 is 0. The molecule has 0 amide bonds. The molecule has 0 aliphatic rings. The maximum Gasteiger partial charge on any atom is 0.243 e. The molecule has 0 spiro atoms. The van der Waals surface area contributed by atoms with Crippen LogP contribution in [0.4, 0.5) is 0 Å². The van der Waals surface area contributed by atoms with Crippen molar-refractivity contribution in [1.29, 1.82) is 0 Å². The monoisotopic (exact) mass is 284 g/mol. The zero-order valence-corrected chi connectivity index (χ0v) is 11.1. The lowest BCUT2D eigenvalue weighted by Crippen LogP contribution is -2.27. The molecule has 0 radical (unpaired) electrons. The number of hydrogen-bond donors (Lipinski definition) is 2. The van der Waals surface area contributed by atoms with Crippen molar-refractivity contribution in [3.8, 4) is 0 Å². The van der Waals surface area contributed by atoms with Gasteiger partial charge in [0.1, 0.15) is 4.90 Å². The van der Waals surface area contributed by atoms with Crippen LogP contribution in [0, 0.1) is 0 Å². The minimum absolute atomic E-state index is 0.145. The third-order valence-corrected chi connectivity index (χ3v) is 3.91. The summed E-state index contributed by atoms with van der Waals surface area (Å²) in [5, 5.41) is 3.93. The standard InChI is InChI=1S/C10H16N6O2S/c11-1-4-16-8-10(7-13-16)19(17,18)14-3-6-15-5-2-12-9-15/h2,5,7-9,14H,1,3-4,6,11H2. The molecule has 2 heterocycles. The first-order chi connectivity index (χ1) is 9.12. The van der Waals surface area contributed by atoms with E-state index in [2.05, 4.69) is 14.8 Å². The fourth-order valence-corrected chi connectivity index (χ4v) is 2.52. The summed E-state index contributed by atoms with van der Waals surface area (Å²) in [5.74, 6) is 0. The van der Waals surface area contributed by atoms with Gasteiger partial charge in [-0.05, 0) is 0 Å². The van der Waals surface area contributed by atoms with E-state index < -0.39 is 10.0 Å². The van der Waals surface area contributed by atoms with Gasteiger partial charge in [0.25, 0.3) is 0 Å². The lowest BCUT2D eigenvalue weighted by molar-refractivity contribution is 0.572. The highest BCUT2D eigenvalue weighted by Crippen LogP contribution is 2.06. The molecule has 0 saturated carbocycles. The summed E-state index contributed by atoms with van der Waals surface area (Å²) in [6.45, 7) is 1.72. The second-order valence-corrected chi connectivity index (χ2v) is 5.69. The molecule has 104 valence electrons. The van der Waals surface area contributed by atoms with Gasteiger partial charge in [0, 0.05) is 38.2 Å². The van der Waals surface area contributed by atoms with Gasteiger partial charge in [-0.15, -0.1) is 0 Å². The lowest BCUT2D eigenvalue weighted by atomic mass is 10.6. The zero-order chi connectivity index (χ0) is 13.7. The van der Waals surface area contributed by atoms with Crippen molar-refractivity contribution in [3.05, 3.63) is 31.1 Å². The van der Waals surface area contributed by atoms with E-state index in [9.17, 15) is 8.42 Å². The SMILES string of the molecule is NCCn1cc(S(=O)(=O)NCCn2ccnc2)cn1. The molecule has 2 rings (SSSR count). The third kappa shape index (κ3) is 3.63. The number of sulfonamides is 1. The van der Waals surface area contributed by atoms with Crippen molar-refractivity contribution in [1.82, 2.24) is 24.1 Å². The highest BCUT2D eigenvalue weighted by atomic mass is 32.2. The van der Waals surface area contributed by atoms with Gasteiger partial charge in [-0.25, -0.2) is 18.1 Å². The highest BCUT2D eigenvalue weighted by molar-refractivity contribution is 7.89.